The second kappa shape index (κ2) is 5.53. The summed E-state index contributed by atoms with van der Waals surface area (Å²) in [6, 6.07) is 4.41. The molecule has 2 rings (SSSR count). The molecule has 2 N–H and O–H groups in total. The van der Waals surface area contributed by atoms with Crippen molar-refractivity contribution in [1.82, 2.24) is 10.6 Å². The maximum atomic E-state index is 12.3. The van der Waals surface area contributed by atoms with Crippen LogP contribution >= 0.6 is 0 Å². The Labute approximate surface area is 109 Å². The normalized spacial score (nSPS) is 19.6. The third-order valence-corrected chi connectivity index (χ3v) is 3.54. The molecule has 3 heteroatoms. The Hall–Kier alpha value is -1.35. The van der Waals surface area contributed by atoms with E-state index < -0.39 is 0 Å². The van der Waals surface area contributed by atoms with Gasteiger partial charge in [-0.3, -0.25) is 4.79 Å². The Morgan fingerprint density at radius 1 is 1.28 bits per heavy atom. The summed E-state index contributed by atoms with van der Waals surface area (Å²) in [6.07, 6.45) is 2.21. The van der Waals surface area contributed by atoms with Gasteiger partial charge < -0.3 is 10.6 Å². The van der Waals surface area contributed by atoms with E-state index in [1.165, 1.54) is 5.56 Å². The van der Waals surface area contributed by atoms with Crippen molar-refractivity contribution in [3.05, 3.63) is 34.4 Å². The molecule has 1 aromatic carbocycles. The molecule has 0 spiro atoms. The summed E-state index contributed by atoms with van der Waals surface area (Å²) in [5.41, 5.74) is 4.18. The standard InChI is InChI=1S/C15H22N2O/c1-10-7-11(2)14(12(3)8-10)15(18)17-13-5-4-6-16-9-13/h7-8,13,16H,4-6,9H2,1-3H3,(H,17,18)/t13-/m1/s1. The Morgan fingerprint density at radius 3 is 2.50 bits per heavy atom. The van der Waals surface area contributed by atoms with Gasteiger partial charge in [0, 0.05) is 18.2 Å². The van der Waals surface area contributed by atoms with E-state index in [-0.39, 0.29) is 11.9 Å². The third kappa shape index (κ3) is 2.91. The number of carbonyl (C=O) groups excluding carboxylic acids is 1. The zero-order chi connectivity index (χ0) is 13.1. The van der Waals surface area contributed by atoms with Gasteiger partial charge >= 0.3 is 0 Å². The monoisotopic (exact) mass is 246 g/mol. The highest BCUT2D eigenvalue weighted by atomic mass is 16.1. The average molecular weight is 246 g/mol. The smallest absolute Gasteiger partial charge is 0.252 e. The third-order valence-electron chi connectivity index (χ3n) is 3.54. The molecule has 1 fully saturated rings. The van der Waals surface area contributed by atoms with Crippen LogP contribution in [0.25, 0.3) is 0 Å². The molecule has 1 saturated heterocycles. The molecule has 0 saturated carbocycles. The van der Waals surface area contributed by atoms with E-state index in [1.807, 2.05) is 13.8 Å². The summed E-state index contributed by atoms with van der Waals surface area (Å²) in [7, 11) is 0. The fraction of sp³-hybridized carbons (Fsp3) is 0.533. The minimum absolute atomic E-state index is 0.0682. The van der Waals surface area contributed by atoms with Gasteiger partial charge in [-0.2, -0.15) is 0 Å². The highest BCUT2D eigenvalue weighted by molar-refractivity contribution is 5.97. The van der Waals surface area contributed by atoms with E-state index in [2.05, 4.69) is 29.7 Å². The van der Waals surface area contributed by atoms with Gasteiger partial charge in [-0.1, -0.05) is 17.7 Å². The van der Waals surface area contributed by atoms with E-state index in [4.69, 9.17) is 0 Å². The Bertz CT molecular complexity index is 425. The van der Waals surface area contributed by atoms with Gasteiger partial charge in [0.25, 0.3) is 5.91 Å². The molecule has 1 atom stereocenters. The lowest BCUT2D eigenvalue weighted by Crippen LogP contribution is -2.45. The summed E-state index contributed by atoms with van der Waals surface area (Å²) in [5, 5.41) is 6.45. The van der Waals surface area contributed by atoms with E-state index >= 15 is 0 Å². The lowest BCUT2D eigenvalue weighted by atomic mass is 9.98. The fourth-order valence-corrected chi connectivity index (χ4v) is 2.77. The van der Waals surface area contributed by atoms with Crippen molar-refractivity contribution in [1.29, 1.82) is 0 Å². The molecule has 0 unspecified atom stereocenters. The van der Waals surface area contributed by atoms with Crippen molar-refractivity contribution in [3.8, 4) is 0 Å². The van der Waals surface area contributed by atoms with Crippen LogP contribution in [-0.2, 0) is 0 Å². The van der Waals surface area contributed by atoms with E-state index in [9.17, 15) is 4.79 Å². The number of rotatable bonds is 2. The predicted octanol–water partition coefficient (Wildman–Crippen LogP) is 2.09. The second-order valence-electron chi connectivity index (χ2n) is 5.29. The minimum atomic E-state index is 0.0682. The van der Waals surface area contributed by atoms with Crippen LogP contribution in [0.4, 0.5) is 0 Å². The average Bonchev–Trinajstić information content (AvgIpc) is 2.28. The Kier molecular flexibility index (Phi) is 4.02. The molecule has 0 aliphatic carbocycles. The molecular weight excluding hydrogens is 224 g/mol. The zero-order valence-corrected chi connectivity index (χ0v) is 11.5. The summed E-state index contributed by atoms with van der Waals surface area (Å²) in [4.78, 5) is 12.3. The first-order chi connectivity index (χ1) is 8.58. The number of nitrogens with one attached hydrogen (secondary N) is 2. The van der Waals surface area contributed by atoms with Crippen molar-refractivity contribution in [3.63, 3.8) is 0 Å². The lowest BCUT2D eigenvalue weighted by Gasteiger charge is -2.24. The van der Waals surface area contributed by atoms with Crippen LogP contribution < -0.4 is 10.6 Å². The van der Waals surface area contributed by atoms with Crippen molar-refractivity contribution in [2.75, 3.05) is 13.1 Å². The van der Waals surface area contributed by atoms with Crippen LogP contribution in [0.15, 0.2) is 12.1 Å². The summed E-state index contributed by atoms with van der Waals surface area (Å²) < 4.78 is 0. The molecule has 1 aliphatic rings. The van der Waals surface area contributed by atoms with Gasteiger partial charge in [0.2, 0.25) is 0 Å². The quantitative estimate of drug-likeness (QED) is 0.839. The highest BCUT2D eigenvalue weighted by Crippen LogP contribution is 2.16. The Balaban J connectivity index is 2.13. The molecular formula is C15H22N2O. The van der Waals surface area contributed by atoms with Crippen LogP contribution in [0.2, 0.25) is 0 Å². The molecule has 1 amide bonds. The topological polar surface area (TPSA) is 41.1 Å². The van der Waals surface area contributed by atoms with Crippen LogP contribution in [0.5, 0.6) is 0 Å². The molecule has 1 heterocycles. The van der Waals surface area contributed by atoms with Crippen LogP contribution in [0.1, 0.15) is 39.9 Å². The van der Waals surface area contributed by atoms with Crippen LogP contribution in [0, 0.1) is 20.8 Å². The molecule has 1 aromatic rings. The minimum Gasteiger partial charge on any atom is -0.348 e. The van der Waals surface area contributed by atoms with E-state index in [0.717, 1.165) is 42.6 Å². The van der Waals surface area contributed by atoms with Crippen LogP contribution in [-0.4, -0.2) is 25.0 Å². The van der Waals surface area contributed by atoms with Crippen molar-refractivity contribution in [2.24, 2.45) is 0 Å². The first-order valence-electron chi connectivity index (χ1n) is 6.67. The van der Waals surface area contributed by atoms with Crippen molar-refractivity contribution in [2.45, 2.75) is 39.7 Å². The van der Waals surface area contributed by atoms with E-state index in [1.54, 1.807) is 0 Å². The number of benzene rings is 1. The molecule has 3 nitrogen and oxygen atoms in total. The van der Waals surface area contributed by atoms with Gasteiger partial charge in [0.05, 0.1) is 0 Å². The Morgan fingerprint density at radius 2 is 1.94 bits per heavy atom. The van der Waals surface area contributed by atoms with Crippen LogP contribution in [0.3, 0.4) is 0 Å². The van der Waals surface area contributed by atoms with E-state index in [0.29, 0.717) is 0 Å². The largest absolute Gasteiger partial charge is 0.348 e. The van der Waals surface area contributed by atoms with Gasteiger partial charge in [0.1, 0.15) is 0 Å². The number of aryl methyl sites for hydroxylation is 3. The molecule has 18 heavy (non-hydrogen) atoms. The van der Waals surface area contributed by atoms with Gasteiger partial charge in [-0.25, -0.2) is 0 Å². The molecule has 1 aliphatic heterocycles. The molecule has 0 bridgehead atoms. The summed E-state index contributed by atoms with van der Waals surface area (Å²) in [6.45, 7) is 8.03. The number of amides is 1. The first-order valence-corrected chi connectivity index (χ1v) is 6.67. The SMILES string of the molecule is Cc1cc(C)c(C(=O)N[C@@H]2CCCNC2)c(C)c1. The number of piperidine rings is 1. The lowest BCUT2D eigenvalue weighted by molar-refractivity contribution is 0.0929. The molecule has 98 valence electrons. The second-order valence-corrected chi connectivity index (χ2v) is 5.29. The maximum absolute atomic E-state index is 12.3. The molecule has 0 radical (unpaired) electrons. The summed E-state index contributed by atoms with van der Waals surface area (Å²) in [5.74, 6) is 0.0682. The zero-order valence-electron chi connectivity index (χ0n) is 11.5. The van der Waals surface area contributed by atoms with Gasteiger partial charge in [-0.15, -0.1) is 0 Å². The number of carbonyl (C=O) groups is 1. The first kappa shape index (κ1) is 13.1. The fourth-order valence-electron chi connectivity index (χ4n) is 2.77. The maximum Gasteiger partial charge on any atom is 0.252 e. The van der Waals surface area contributed by atoms with Crippen molar-refractivity contribution >= 4 is 5.91 Å². The van der Waals surface area contributed by atoms with Crippen molar-refractivity contribution < 1.29 is 4.79 Å². The number of hydrogen-bond acceptors (Lipinski definition) is 2. The van der Waals surface area contributed by atoms with Gasteiger partial charge in [0.15, 0.2) is 0 Å². The van der Waals surface area contributed by atoms with Gasteiger partial charge in [-0.05, 0) is 51.3 Å². The summed E-state index contributed by atoms with van der Waals surface area (Å²) >= 11 is 0. The number of hydrogen-bond donors (Lipinski definition) is 2. The molecule has 0 aromatic heterocycles. The highest BCUT2D eigenvalue weighted by Gasteiger charge is 2.18. The predicted molar refractivity (Wildman–Crippen MR) is 74.0 cm³/mol.